The minimum absolute atomic E-state index is 0.280. The summed E-state index contributed by atoms with van der Waals surface area (Å²) < 4.78 is 9.12. The van der Waals surface area contributed by atoms with Gasteiger partial charge in [0.15, 0.2) is 6.61 Å². The molecule has 0 aromatic heterocycles. The minimum Gasteiger partial charge on any atom is -0.466 e. The molecule has 16 heavy (non-hydrogen) atoms. The Labute approximate surface area is 95.5 Å². The molecule has 5 heteroatoms. The SMILES string of the molecule is COC(=O)COC(=O)CCC1CCCNC1. The number of nitrogens with one attached hydrogen (secondary N) is 1. The lowest BCUT2D eigenvalue weighted by Crippen LogP contribution is -2.30. The predicted molar refractivity (Wildman–Crippen MR) is 57.8 cm³/mol. The molecule has 1 aliphatic heterocycles. The van der Waals surface area contributed by atoms with E-state index in [4.69, 9.17) is 4.74 Å². The lowest BCUT2D eigenvalue weighted by atomic mass is 9.95. The number of carbonyl (C=O) groups excluding carboxylic acids is 2. The zero-order chi connectivity index (χ0) is 11.8. The molecule has 1 saturated heterocycles. The van der Waals surface area contributed by atoms with Crippen molar-refractivity contribution in [2.75, 3.05) is 26.8 Å². The van der Waals surface area contributed by atoms with Gasteiger partial charge in [-0.05, 0) is 38.3 Å². The summed E-state index contributed by atoms with van der Waals surface area (Å²) in [5.74, 6) is -0.289. The number of rotatable bonds is 5. The summed E-state index contributed by atoms with van der Waals surface area (Å²) >= 11 is 0. The standard InChI is InChI=1S/C11H19NO4/c1-15-11(14)8-16-10(13)5-4-9-3-2-6-12-7-9/h9,12H,2-8H2,1H3. The number of hydrogen-bond acceptors (Lipinski definition) is 5. The highest BCUT2D eigenvalue weighted by molar-refractivity contribution is 5.76. The molecular weight excluding hydrogens is 210 g/mol. The maximum absolute atomic E-state index is 11.3. The van der Waals surface area contributed by atoms with Crippen LogP contribution in [-0.4, -0.2) is 38.7 Å². The van der Waals surface area contributed by atoms with Gasteiger partial charge in [0.2, 0.25) is 0 Å². The van der Waals surface area contributed by atoms with Crippen LogP contribution in [0.4, 0.5) is 0 Å². The van der Waals surface area contributed by atoms with E-state index in [-0.39, 0.29) is 12.6 Å². The van der Waals surface area contributed by atoms with Crippen LogP contribution in [0, 0.1) is 5.92 Å². The van der Waals surface area contributed by atoms with E-state index in [0.29, 0.717) is 12.3 Å². The van der Waals surface area contributed by atoms with E-state index in [9.17, 15) is 9.59 Å². The van der Waals surface area contributed by atoms with Gasteiger partial charge in [-0.2, -0.15) is 0 Å². The van der Waals surface area contributed by atoms with Crippen molar-refractivity contribution >= 4 is 11.9 Å². The maximum atomic E-state index is 11.3. The van der Waals surface area contributed by atoms with Crippen molar-refractivity contribution in [2.45, 2.75) is 25.7 Å². The van der Waals surface area contributed by atoms with E-state index in [0.717, 1.165) is 25.9 Å². The van der Waals surface area contributed by atoms with Gasteiger partial charge in [-0.1, -0.05) is 0 Å². The number of piperidine rings is 1. The van der Waals surface area contributed by atoms with E-state index in [1.54, 1.807) is 0 Å². The predicted octanol–water partition coefficient (Wildman–Crippen LogP) is 0.482. The highest BCUT2D eigenvalue weighted by Gasteiger charge is 2.15. The molecule has 0 bridgehead atoms. The molecule has 1 rings (SSSR count). The summed E-state index contributed by atoms with van der Waals surface area (Å²) in [6, 6.07) is 0. The number of carbonyl (C=O) groups is 2. The van der Waals surface area contributed by atoms with Crippen LogP contribution >= 0.6 is 0 Å². The van der Waals surface area contributed by atoms with E-state index < -0.39 is 5.97 Å². The molecule has 0 aromatic carbocycles. The largest absolute Gasteiger partial charge is 0.466 e. The fourth-order valence-electron chi connectivity index (χ4n) is 1.76. The maximum Gasteiger partial charge on any atom is 0.344 e. The molecular formula is C11H19NO4. The average Bonchev–Trinajstić information content (AvgIpc) is 2.34. The Kier molecular flexibility index (Phi) is 5.85. The summed E-state index contributed by atoms with van der Waals surface area (Å²) in [6.45, 7) is 1.77. The van der Waals surface area contributed by atoms with Gasteiger partial charge in [0, 0.05) is 6.42 Å². The number of ether oxygens (including phenoxy) is 2. The summed E-state index contributed by atoms with van der Waals surface area (Å²) in [5.41, 5.74) is 0. The Balaban J connectivity index is 2.07. The van der Waals surface area contributed by atoms with Gasteiger partial charge in [0.05, 0.1) is 7.11 Å². The molecule has 0 saturated carbocycles. The first-order valence-corrected chi connectivity index (χ1v) is 5.65. The molecule has 5 nitrogen and oxygen atoms in total. The molecule has 1 atom stereocenters. The van der Waals surface area contributed by atoms with Crippen molar-refractivity contribution in [3.05, 3.63) is 0 Å². The van der Waals surface area contributed by atoms with Gasteiger partial charge >= 0.3 is 11.9 Å². The summed E-state index contributed by atoms with van der Waals surface area (Å²) in [7, 11) is 1.27. The highest BCUT2D eigenvalue weighted by Crippen LogP contribution is 2.15. The van der Waals surface area contributed by atoms with Crippen molar-refractivity contribution in [3.8, 4) is 0 Å². The molecule has 0 spiro atoms. The van der Waals surface area contributed by atoms with Gasteiger partial charge in [-0.3, -0.25) is 4.79 Å². The molecule has 0 radical (unpaired) electrons. The van der Waals surface area contributed by atoms with Crippen molar-refractivity contribution in [1.82, 2.24) is 5.32 Å². The van der Waals surface area contributed by atoms with Crippen LogP contribution in [-0.2, 0) is 19.1 Å². The second-order valence-electron chi connectivity index (χ2n) is 3.99. The Morgan fingerprint density at radius 2 is 2.19 bits per heavy atom. The smallest absolute Gasteiger partial charge is 0.344 e. The Bertz CT molecular complexity index is 236. The molecule has 0 aromatic rings. The van der Waals surface area contributed by atoms with E-state index in [1.807, 2.05) is 0 Å². The fourth-order valence-corrected chi connectivity index (χ4v) is 1.76. The monoisotopic (exact) mass is 229 g/mol. The molecule has 1 N–H and O–H groups in total. The van der Waals surface area contributed by atoms with Crippen molar-refractivity contribution in [2.24, 2.45) is 5.92 Å². The Morgan fingerprint density at radius 1 is 1.38 bits per heavy atom. The molecule has 0 aliphatic carbocycles. The molecule has 1 unspecified atom stereocenters. The van der Waals surface area contributed by atoms with E-state index >= 15 is 0 Å². The van der Waals surface area contributed by atoms with Crippen LogP contribution in [0.15, 0.2) is 0 Å². The van der Waals surface area contributed by atoms with Gasteiger partial charge < -0.3 is 14.8 Å². The van der Waals surface area contributed by atoms with E-state index in [1.165, 1.54) is 13.5 Å². The van der Waals surface area contributed by atoms with Gasteiger partial charge in [-0.15, -0.1) is 0 Å². The number of esters is 2. The number of methoxy groups -OCH3 is 1. The normalized spacial score (nSPS) is 20.2. The van der Waals surface area contributed by atoms with Crippen molar-refractivity contribution in [1.29, 1.82) is 0 Å². The topological polar surface area (TPSA) is 64.6 Å². The third kappa shape index (κ3) is 5.11. The van der Waals surface area contributed by atoms with Crippen LogP contribution < -0.4 is 5.32 Å². The van der Waals surface area contributed by atoms with Crippen LogP contribution in [0.25, 0.3) is 0 Å². The molecule has 1 aliphatic rings. The lowest BCUT2D eigenvalue weighted by Gasteiger charge is -2.22. The quantitative estimate of drug-likeness (QED) is 0.695. The lowest BCUT2D eigenvalue weighted by molar-refractivity contribution is -0.157. The first-order valence-electron chi connectivity index (χ1n) is 5.65. The van der Waals surface area contributed by atoms with Gasteiger partial charge in [0.25, 0.3) is 0 Å². The number of hydrogen-bond donors (Lipinski definition) is 1. The van der Waals surface area contributed by atoms with Crippen LogP contribution in [0.2, 0.25) is 0 Å². The molecule has 0 amide bonds. The highest BCUT2D eigenvalue weighted by atomic mass is 16.6. The van der Waals surface area contributed by atoms with Crippen LogP contribution in [0.1, 0.15) is 25.7 Å². The third-order valence-electron chi connectivity index (χ3n) is 2.73. The first-order chi connectivity index (χ1) is 7.72. The Morgan fingerprint density at radius 3 is 2.81 bits per heavy atom. The summed E-state index contributed by atoms with van der Waals surface area (Å²) in [6.07, 6.45) is 3.54. The summed E-state index contributed by atoms with van der Waals surface area (Å²) in [5, 5.41) is 3.29. The Hall–Kier alpha value is -1.10. The third-order valence-corrected chi connectivity index (χ3v) is 2.73. The van der Waals surface area contributed by atoms with Gasteiger partial charge in [-0.25, -0.2) is 4.79 Å². The van der Waals surface area contributed by atoms with Crippen LogP contribution in [0.3, 0.4) is 0 Å². The van der Waals surface area contributed by atoms with Gasteiger partial charge in [0.1, 0.15) is 0 Å². The molecule has 1 fully saturated rings. The van der Waals surface area contributed by atoms with Crippen molar-refractivity contribution < 1.29 is 19.1 Å². The average molecular weight is 229 g/mol. The van der Waals surface area contributed by atoms with Crippen molar-refractivity contribution in [3.63, 3.8) is 0 Å². The zero-order valence-corrected chi connectivity index (χ0v) is 9.66. The summed E-state index contributed by atoms with van der Waals surface area (Å²) in [4.78, 5) is 22.0. The van der Waals surface area contributed by atoms with Crippen LogP contribution in [0.5, 0.6) is 0 Å². The second-order valence-corrected chi connectivity index (χ2v) is 3.99. The van der Waals surface area contributed by atoms with E-state index in [2.05, 4.69) is 10.1 Å². The second kappa shape index (κ2) is 7.22. The minimum atomic E-state index is -0.521. The zero-order valence-electron chi connectivity index (χ0n) is 9.66. The molecule has 1 heterocycles. The first kappa shape index (κ1) is 13.0. The molecule has 92 valence electrons. The fraction of sp³-hybridized carbons (Fsp3) is 0.818.